The summed E-state index contributed by atoms with van der Waals surface area (Å²) >= 11 is 0. The minimum atomic E-state index is 0.411. The number of hydrogen-bond acceptors (Lipinski definition) is 2. The first-order chi connectivity index (χ1) is 7.38. The molecule has 0 N–H and O–H groups in total. The third-order valence-electron chi connectivity index (χ3n) is 2.75. The summed E-state index contributed by atoms with van der Waals surface area (Å²) in [6, 6.07) is 7.99. The summed E-state index contributed by atoms with van der Waals surface area (Å²) in [5.41, 5.74) is 0. The van der Waals surface area contributed by atoms with E-state index in [2.05, 4.69) is 0 Å². The summed E-state index contributed by atoms with van der Waals surface area (Å²) in [6.45, 7) is 0. The smallest absolute Gasteiger partial charge is 0.120 e. The standard InChI is InChI=1S/C12H15ClOS/c13-15-12-8-4-7-11(9-12)14-10-5-2-1-3-6-10/h4,7-10H,1-3,5-6H2. The van der Waals surface area contributed by atoms with Gasteiger partial charge in [-0.15, -0.1) is 0 Å². The van der Waals surface area contributed by atoms with E-state index in [1.165, 1.54) is 43.1 Å². The Morgan fingerprint density at radius 2 is 2.00 bits per heavy atom. The van der Waals surface area contributed by atoms with E-state index in [1.54, 1.807) is 0 Å². The molecule has 15 heavy (non-hydrogen) atoms. The molecule has 0 saturated heterocycles. The lowest BCUT2D eigenvalue weighted by Gasteiger charge is -2.23. The molecule has 0 aromatic heterocycles. The Morgan fingerprint density at radius 3 is 2.73 bits per heavy atom. The molecule has 0 atom stereocenters. The molecule has 1 aliphatic carbocycles. The second-order valence-corrected chi connectivity index (χ2v) is 5.02. The van der Waals surface area contributed by atoms with Crippen LogP contribution in [0.4, 0.5) is 0 Å². The molecular weight excluding hydrogens is 228 g/mol. The monoisotopic (exact) mass is 242 g/mol. The maximum Gasteiger partial charge on any atom is 0.120 e. The van der Waals surface area contributed by atoms with Crippen LogP contribution in [0.5, 0.6) is 5.75 Å². The summed E-state index contributed by atoms with van der Waals surface area (Å²) in [5.74, 6) is 0.951. The molecule has 0 amide bonds. The predicted octanol–water partition coefficient (Wildman–Crippen LogP) is 4.64. The van der Waals surface area contributed by atoms with E-state index in [4.69, 9.17) is 15.4 Å². The van der Waals surface area contributed by atoms with Crippen molar-refractivity contribution >= 4 is 21.7 Å². The molecule has 82 valence electrons. The van der Waals surface area contributed by atoms with Gasteiger partial charge in [-0.2, -0.15) is 0 Å². The van der Waals surface area contributed by atoms with E-state index in [1.807, 2.05) is 24.3 Å². The van der Waals surface area contributed by atoms with Crippen LogP contribution in [0.15, 0.2) is 29.2 Å². The summed E-state index contributed by atoms with van der Waals surface area (Å²) in [4.78, 5) is 1.05. The van der Waals surface area contributed by atoms with Gasteiger partial charge in [0, 0.05) is 4.90 Å². The molecular formula is C12H15ClOS. The van der Waals surface area contributed by atoms with Crippen molar-refractivity contribution in [1.82, 2.24) is 0 Å². The number of hydrogen-bond donors (Lipinski definition) is 0. The maximum absolute atomic E-state index is 5.93. The van der Waals surface area contributed by atoms with Gasteiger partial charge in [0.05, 0.1) is 6.10 Å². The molecule has 0 unspecified atom stereocenters. The van der Waals surface area contributed by atoms with Crippen LogP contribution in [0.3, 0.4) is 0 Å². The highest BCUT2D eigenvalue weighted by molar-refractivity contribution is 8.21. The first-order valence-corrected chi connectivity index (χ1v) is 7.08. The van der Waals surface area contributed by atoms with Gasteiger partial charge in [-0.25, -0.2) is 0 Å². The molecule has 1 nitrogen and oxygen atoms in total. The zero-order chi connectivity index (χ0) is 10.5. The molecule has 0 spiro atoms. The zero-order valence-electron chi connectivity index (χ0n) is 8.62. The summed E-state index contributed by atoms with van der Waals surface area (Å²) in [5, 5.41) is 0. The topological polar surface area (TPSA) is 9.23 Å². The largest absolute Gasteiger partial charge is 0.490 e. The van der Waals surface area contributed by atoms with Gasteiger partial charge in [-0.1, -0.05) is 12.5 Å². The second-order valence-electron chi connectivity index (χ2n) is 3.93. The zero-order valence-corrected chi connectivity index (χ0v) is 10.2. The van der Waals surface area contributed by atoms with E-state index >= 15 is 0 Å². The van der Waals surface area contributed by atoms with Crippen molar-refractivity contribution in [3.63, 3.8) is 0 Å². The van der Waals surface area contributed by atoms with Crippen molar-refractivity contribution < 1.29 is 4.74 Å². The third kappa shape index (κ3) is 3.32. The van der Waals surface area contributed by atoms with Gasteiger partial charge in [-0.05, 0) is 65.5 Å². The molecule has 0 radical (unpaired) electrons. The van der Waals surface area contributed by atoms with E-state index in [0.29, 0.717) is 6.10 Å². The van der Waals surface area contributed by atoms with Crippen LogP contribution in [0.25, 0.3) is 0 Å². The molecule has 0 aliphatic heterocycles. The van der Waals surface area contributed by atoms with Crippen LogP contribution in [-0.2, 0) is 0 Å². The average Bonchev–Trinajstić information content (AvgIpc) is 2.31. The van der Waals surface area contributed by atoms with Gasteiger partial charge in [0.1, 0.15) is 5.75 Å². The van der Waals surface area contributed by atoms with Crippen molar-refractivity contribution in [3.8, 4) is 5.75 Å². The quantitative estimate of drug-likeness (QED) is 0.764. The predicted molar refractivity (Wildman–Crippen MR) is 65.7 cm³/mol. The Bertz CT molecular complexity index is 310. The van der Waals surface area contributed by atoms with Gasteiger partial charge >= 0.3 is 0 Å². The highest BCUT2D eigenvalue weighted by Gasteiger charge is 2.14. The first kappa shape index (κ1) is 11.2. The van der Waals surface area contributed by atoms with Gasteiger partial charge in [-0.3, -0.25) is 0 Å². The lowest BCUT2D eigenvalue weighted by molar-refractivity contribution is 0.154. The number of rotatable bonds is 3. The van der Waals surface area contributed by atoms with Crippen molar-refractivity contribution in [1.29, 1.82) is 0 Å². The normalized spacial score (nSPS) is 17.7. The van der Waals surface area contributed by atoms with Crippen molar-refractivity contribution in [2.75, 3.05) is 0 Å². The summed E-state index contributed by atoms with van der Waals surface area (Å²) in [6.07, 6.45) is 6.76. The van der Waals surface area contributed by atoms with Gasteiger partial charge in [0.2, 0.25) is 0 Å². The average molecular weight is 243 g/mol. The molecule has 1 saturated carbocycles. The van der Waals surface area contributed by atoms with Gasteiger partial charge in [0.25, 0.3) is 0 Å². The van der Waals surface area contributed by atoms with Crippen LogP contribution in [-0.4, -0.2) is 6.10 Å². The SMILES string of the molecule is ClSc1cccc(OC2CCCCC2)c1. The van der Waals surface area contributed by atoms with E-state index < -0.39 is 0 Å². The second kappa shape index (κ2) is 5.66. The number of halogens is 1. The fourth-order valence-corrected chi connectivity index (χ4v) is 2.55. The molecule has 1 fully saturated rings. The summed E-state index contributed by atoms with van der Waals surface area (Å²) < 4.78 is 5.93. The van der Waals surface area contributed by atoms with E-state index in [0.717, 1.165) is 10.6 Å². The fourth-order valence-electron chi connectivity index (χ4n) is 1.97. The number of ether oxygens (including phenoxy) is 1. The third-order valence-corrected chi connectivity index (χ3v) is 3.72. The molecule has 1 aromatic carbocycles. The summed E-state index contributed by atoms with van der Waals surface area (Å²) in [7, 11) is 6.94. The van der Waals surface area contributed by atoms with Gasteiger partial charge in [0.15, 0.2) is 0 Å². The molecule has 1 aromatic rings. The van der Waals surface area contributed by atoms with Crippen LogP contribution >= 0.6 is 21.7 Å². The van der Waals surface area contributed by atoms with Crippen molar-refractivity contribution in [2.45, 2.75) is 43.1 Å². The van der Waals surface area contributed by atoms with Crippen molar-refractivity contribution in [2.24, 2.45) is 0 Å². The Hall–Kier alpha value is -0.340. The fraction of sp³-hybridized carbons (Fsp3) is 0.500. The highest BCUT2D eigenvalue weighted by atomic mass is 35.7. The molecule has 0 heterocycles. The Balaban J connectivity index is 1.96. The molecule has 2 rings (SSSR count). The Labute approximate surface area is 99.7 Å². The van der Waals surface area contributed by atoms with Crippen LogP contribution in [0.1, 0.15) is 32.1 Å². The Morgan fingerprint density at radius 1 is 1.20 bits per heavy atom. The van der Waals surface area contributed by atoms with Crippen LogP contribution in [0.2, 0.25) is 0 Å². The molecule has 3 heteroatoms. The lowest BCUT2D eigenvalue weighted by atomic mass is 9.98. The lowest BCUT2D eigenvalue weighted by Crippen LogP contribution is -2.19. The maximum atomic E-state index is 5.93. The first-order valence-electron chi connectivity index (χ1n) is 5.44. The molecule has 1 aliphatic rings. The van der Waals surface area contributed by atoms with E-state index in [9.17, 15) is 0 Å². The molecule has 0 bridgehead atoms. The minimum absolute atomic E-state index is 0.411. The number of benzene rings is 1. The van der Waals surface area contributed by atoms with Crippen LogP contribution < -0.4 is 4.74 Å². The van der Waals surface area contributed by atoms with E-state index in [-0.39, 0.29) is 0 Å². The minimum Gasteiger partial charge on any atom is -0.490 e. The van der Waals surface area contributed by atoms with Crippen molar-refractivity contribution in [3.05, 3.63) is 24.3 Å². The van der Waals surface area contributed by atoms with Gasteiger partial charge < -0.3 is 4.74 Å². The highest BCUT2D eigenvalue weighted by Crippen LogP contribution is 2.28. The Kier molecular flexibility index (Phi) is 4.21. The van der Waals surface area contributed by atoms with Crippen LogP contribution in [0, 0.1) is 0 Å².